The summed E-state index contributed by atoms with van der Waals surface area (Å²) in [7, 11) is 0. The van der Waals surface area contributed by atoms with E-state index >= 15 is 0 Å². The molecule has 13 heavy (non-hydrogen) atoms. The first-order valence-corrected chi connectivity index (χ1v) is 4.71. The van der Waals surface area contributed by atoms with Gasteiger partial charge in [0.2, 0.25) is 0 Å². The van der Waals surface area contributed by atoms with E-state index in [0.29, 0.717) is 25.7 Å². The van der Waals surface area contributed by atoms with Crippen LogP contribution in [0, 0.1) is 0 Å². The Balaban J connectivity index is 2.50. The van der Waals surface area contributed by atoms with E-state index in [1.807, 2.05) is 19.1 Å². The third-order valence-electron chi connectivity index (χ3n) is 2.03. The van der Waals surface area contributed by atoms with Crippen molar-refractivity contribution >= 4 is 5.97 Å². The van der Waals surface area contributed by atoms with Gasteiger partial charge in [-0.25, -0.2) is 0 Å². The highest BCUT2D eigenvalue weighted by molar-refractivity contribution is 5.69. The van der Waals surface area contributed by atoms with Gasteiger partial charge in [-0.15, -0.1) is 0 Å². The average Bonchev–Trinajstić information content (AvgIpc) is 2.02. The molecule has 0 radical (unpaired) electrons. The van der Waals surface area contributed by atoms with Gasteiger partial charge in [0.1, 0.15) is 6.10 Å². The van der Waals surface area contributed by atoms with Gasteiger partial charge in [0.15, 0.2) is 0 Å². The number of hydrogen-bond acceptors (Lipinski definition) is 3. The molecule has 2 atom stereocenters. The normalized spacial score (nSPS) is 33.5. The molecule has 1 heterocycles. The first-order chi connectivity index (χ1) is 6.18. The van der Waals surface area contributed by atoms with Crippen molar-refractivity contribution in [3.05, 3.63) is 12.2 Å². The van der Waals surface area contributed by atoms with Crippen molar-refractivity contribution in [3.8, 4) is 0 Å². The van der Waals surface area contributed by atoms with Crippen LogP contribution in [0.4, 0.5) is 0 Å². The molecule has 0 aliphatic carbocycles. The Morgan fingerprint density at radius 3 is 3.08 bits per heavy atom. The van der Waals surface area contributed by atoms with Gasteiger partial charge in [0, 0.05) is 12.8 Å². The Labute approximate surface area is 78.4 Å². The van der Waals surface area contributed by atoms with Crippen LogP contribution in [0.15, 0.2) is 12.2 Å². The monoisotopic (exact) mass is 184 g/mol. The molecule has 3 nitrogen and oxygen atoms in total. The molecule has 0 aromatic heterocycles. The molecule has 0 saturated heterocycles. The Morgan fingerprint density at radius 1 is 1.54 bits per heavy atom. The van der Waals surface area contributed by atoms with E-state index in [9.17, 15) is 9.90 Å². The van der Waals surface area contributed by atoms with Gasteiger partial charge < -0.3 is 9.84 Å². The molecule has 0 aromatic carbocycles. The van der Waals surface area contributed by atoms with Gasteiger partial charge in [0.05, 0.1) is 6.10 Å². The number of carbonyl (C=O) groups excluding carboxylic acids is 1. The van der Waals surface area contributed by atoms with Crippen LogP contribution in [0.25, 0.3) is 0 Å². The van der Waals surface area contributed by atoms with Gasteiger partial charge in [-0.2, -0.15) is 0 Å². The van der Waals surface area contributed by atoms with E-state index in [4.69, 9.17) is 4.74 Å². The van der Waals surface area contributed by atoms with Gasteiger partial charge in [-0.05, 0) is 19.8 Å². The second-order valence-corrected chi connectivity index (χ2v) is 3.44. The fourth-order valence-electron chi connectivity index (χ4n) is 1.38. The predicted octanol–water partition coefficient (Wildman–Crippen LogP) is 1.41. The summed E-state index contributed by atoms with van der Waals surface area (Å²) in [6.45, 7) is 1.81. The molecule has 1 unspecified atom stereocenters. The van der Waals surface area contributed by atoms with Crippen LogP contribution in [-0.4, -0.2) is 23.3 Å². The fraction of sp³-hybridized carbons (Fsp3) is 0.700. The van der Waals surface area contributed by atoms with Gasteiger partial charge in [0.25, 0.3) is 0 Å². The second kappa shape index (κ2) is 5.02. The summed E-state index contributed by atoms with van der Waals surface area (Å²) in [5.41, 5.74) is 0. The largest absolute Gasteiger partial charge is 0.463 e. The van der Waals surface area contributed by atoms with Crippen LogP contribution in [0.2, 0.25) is 0 Å². The molecule has 1 aliphatic heterocycles. The molecule has 0 aromatic rings. The van der Waals surface area contributed by atoms with Crippen molar-refractivity contribution in [1.29, 1.82) is 0 Å². The van der Waals surface area contributed by atoms with Crippen LogP contribution < -0.4 is 0 Å². The highest BCUT2D eigenvalue weighted by Gasteiger charge is 2.14. The maximum absolute atomic E-state index is 11.1. The summed E-state index contributed by atoms with van der Waals surface area (Å²) in [4.78, 5) is 11.1. The molecular formula is C10H16O3. The Morgan fingerprint density at radius 2 is 2.31 bits per heavy atom. The van der Waals surface area contributed by atoms with Crippen LogP contribution in [0.1, 0.15) is 32.6 Å². The first kappa shape index (κ1) is 10.3. The van der Waals surface area contributed by atoms with Crippen molar-refractivity contribution in [1.82, 2.24) is 0 Å². The number of aliphatic hydroxyl groups excluding tert-OH is 1. The third-order valence-corrected chi connectivity index (χ3v) is 2.03. The minimum Gasteiger partial charge on any atom is -0.463 e. The van der Waals surface area contributed by atoms with Gasteiger partial charge in [-0.3, -0.25) is 4.79 Å². The Hall–Kier alpha value is -0.830. The minimum atomic E-state index is -0.392. The lowest BCUT2D eigenvalue weighted by Gasteiger charge is -2.17. The zero-order valence-corrected chi connectivity index (χ0v) is 7.90. The fourth-order valence-corrected chi connectivity index (χ4v) is 1.38. The van der Waals surface area contributed by atoms with E-state index in [2.05, 4.69) is 0 Å². The Kier molecular flexibility index (Phi) is 3.96. The lowest BCUT2D eigenvalue weighted by molar-refractivity contribution is -0.149. The van der Waals surface area contributed by atoms with Crippen LogP contribution in [0.3, 0.4) is 0 Å². The van der Waals surface area contributed by atoms with E-state index in [-0.39, 0.29) is 12.1 Å². The second-order valence-electron chi connectivity index (χ2n) is 3.44. The molecule has 1 rings (SSSR count). The van der Waals surface area contributed by atoms with Crippen LogP contribution in [-0.2, 0) is 9.53 Å². The van der Waals surface area contributed by atoms with Gasteiger partial charge in [-0.1, -0.05) is 12.2 Å². The van der Waals surface area contributed by atoms with Gasteiger partial charge >= 0.3 is 5.97 Å². The number of esters is 1. The highest BCUT2D eigenvalue weighted by atomic mass is 16.5. The third kappa shape index (κ3) is 4.08. The standard InChI is InChI=1S/C10H16O3/c1-8-7-9(11)5-3-2-4-6-10(12)13-8/h2-3,8-9,11H,4-7H2,1H3/b3-2+/t8-,9?/m1/s1. The number of carbonyl (C=O) groups is 1. The quantitative estimate of drug-likeness (QED) is 0.457. The minimum absolute atomic E-state index is 0.172. The molecule has 0 fully saturated rings. The summed E-state index contributed by atoms with van der Waals surface area (Å²) < 4.78 is 5.06. The number of rotatable bonds is 0. The summed E-state index contributed by atoms with van der Waals surface area (Å²) in [6, 6.07) is 0. The van der Waals surface area contributed by atoms with Crippen molar-refractivity contribution in [2.45, 2.75) is 44.8 Å². The SMILES string of the molecule is C[C@@H]1CC(O)C/C=C/CCC(=O)O1. The van der Waals surface area contributed by atoms with E-state index in [1.165, 1.54) is 0 Å². The molecule has 0 spiro atoms. The van der Waals surface area contributed by atoms with Crippen molar-refractivity contribution in [2.75, 3.05) is 0 Å². The number of allylic oxidation sites excluding steroid dienone is 1. The number of ether oxygens (including phenoxy) is 1. The molecule has 74 valence electrons. The van der Waals surface area contributed by atoms with Crippen molar-refractivity contribution in [3.63, 3.8) is 0 Å². The van der Waals surface area contributed by atoms with E-state index < -0.39 is 6.10 Å². The highest BCUT2D eigenvalue weighted by Crippen LogP contribution is 2.10. The van der Waals surface area contributed by atoms with E-state index in [0.717, 1.165) is 0 Å². The molecule has 0 amide bonds. The number of hydrogen-bond donors (Lipinski definition) is 1. The van der Waals surface area contributed by atoms with E-state index in [1.54, 1.807) is 0 Å². The lowest BCUT2D eigenvalue weighted by Crippen LogP contribution is -2.21. The Bertz CT molecular complexity index is 198. The molecule has 0 bridgehead atoms. The molecule has 3 heteroatoms. The zero-order valence-electron chi connectivity index (χ0n) is 7.90. The first-order valence-electron chi connectivity index (χ1n) is 4.71. The van der Waals surface area contributed by atoms with Crippen molar-refractivity contribution < 1.29 is 14.6 Å². The maximum Gasteiger partial charge on any atom is 0.306 e. The molecule has 1 N–H and O–H groups in total. The van der Waals surface area contributed by atoms with Crippen LogP contribution >= 0.6 is 0 Å². The number of cyclic esters (lactones) is 1. The summed E-state index contributed by atoms with van der Waals surface area (Å²) in [5.74, 6) is -0.175. The maximum atomic E-state index is 11.1. The molecule has 0 saturated carbocycles. The number of aliphatic hydroxyl groups is 1. The molecular weight excluding hydrogens is 168 g/mol. The summed E-state index contributed by atoms with van der Waals surface area (Å²) in [6.07, 6.45) is 5.61. The molecule has 1 aliphatic rings. The lowest BCUT2D eigenvalue weighted by atomic mass is 10.1. The topological polar surface area (TPSA) is 46.5 Å². The van der Waals surface area contributed by atoms with Crippen LogP contribution in [0.5, 0.6) is 0 Å². The zero-order chi connectivity index (χ0) is 9.68. The average molecular weight is 184 g/mol. The summed E-state index contributed by atoms with van der Waals surface area (Å²) in [5, 5.41) is 9.45. The smallest absolute Gasteiger partial charge is 0.306 e. The van der Waals surface area contributed by atoms with Crippen molar-refractivity contribution in [2.24, 2.45) is 0 Å². The predicted molar refractivity (Wildman–Crippen MR) is 49.2 cm³/mol. The summed E-state index contributed by atoms with van der Waals surface area (Å²) >= 11 is 0.